The summed E-state index contributed by atoms with van der Waals surface area (Å²) in [5.74, 6) is -0.691. The molecule has 1 aliphatic heterocycles. The number of likely N-dealkylation sites (tertiary alicyclic amines) is 1. The molecule has 2 rings (SSSR count). The molecule has 86 valence electrons. The van der Waals surface area contributed by atoms with E-state index in [0.717, 1.165) is 13.0 Å². The van der Waals surface area contributed by atoms with Gasteiger partial charge in [0, 0.05) is 12.6 Å². The van der Waals surface area contributed by atoms with Crippen LogP contribution in [0.2, 0.25) is 0 Å². The number of rotatable bonds is 2. The molecular weight excluding hydrogens is 190 g/mol. The van der Waals surface area contributed by atoms with Crippen LogP contribution in [-0.4, -0.2) is 35.1 Å². The van der Waals surface area contributed by atoms with E-state index in [-0.39, 0.29) is 6.54 Å². The first-order valence-corrected chi connectivity index (χ1v) is 5.76. The summed E-state index contributed by atoms with van der Waals surface area (Å²) in [5.41, 5.74) is 0.729. The quantitative estimate of drug-likeness (QED) is 0.759. The lowest BCUT2D eigenvalue weighted by atomic mass is 9.65. The van der Waals surface area contributed by atoms with Gasteiger partial charge in [0.05, 0.1) is 6.54 Å². The molecule has 0 amide bonds. The van der Waals surface area contributed by atoms with E-state index in [9.17, 15) is 4.79 Å². The van der Waals surface area contributed by atoms with Crippen molar-refractivity contribution in [2.75, 3.05) is 13.1 Å². The summed E-state index contributed by atoms with van der Waals surface area (Å²) in [7, 11) is 0. The van der Waals surface area contributed by atoms with E-state index in [1.807, 2.05) is 0 Å². The molecule has 0 radical (unpaired) electrons. The van der Waals surface area contributed by atoms with Gasteiger partial charge >= 0.3 is 5.97 Å². The molecule has 2 atom stereocenters. The lowest BCUT2D eigenvalue weighted by Gasteiger charge is -2.39. The summed E-state index contributed by atoms with van der Waals surface area (Å²) in [5, 5.41) is 8.87. The highest BCUT2D eigenvalue weighted by molar-refractivity contribution is 5.69. The van der Waals surface area contributed by atoms with Crippen LogP contribution in [0.25, 0.3) is 0 Å². The van der Waals surface area contributed by atoms with Crippen LogP contribution in [0.5, 0.6) is 0 Å². The van der Waals surface area contributed by atoms with Gasteiger partial charge in [0.25, 0.3) is 0 Å². The third-order valence-corrected chi connectivity index (χ3v) is 3.86. The molecule has 15 heavy (non-hydrogen) atoms. The number of fused-ring (bicyclic) bond motifs is 2. The Morgan fingerprint density at radius 1 is 1.40 bits per heavy atom. The molecule has 0 aromatic carbocycles. The van der Waals surface area contributed by atoms with Crippen LogP contribution >= 0.6 is 0 Å². The lowest BCUT2D eigenvalue weighted by Crippen LogP contribution is -2.36. The summed E-state index contributed by atoms with van der Waals surface area (Å²) in [6.45, 7) is 8.11. The highest BCUT2D eigenvalue weighted by Crippen LogP contribution is 2.52. The van der Waals surface area contributed by atoms with Crippen molar-refractivity contribution in [1.29, 1.82) is 0 Å². The first kappa shape index (κ1) is 10.9. The van der Waals surface area contributed by atoms with Crippen molar-refractivity contribution in [3.05, 3.63) is 0 Å². The molecular formula is C12H21NO2. The summed E-state index contributed by atoms with van der Waals surface area (Å²) >= 11 is 0. The van der Waals surface area contributed by atoms with Gasteiger partial charge in [-0.15, -0.1) is 0 Å². The molecule has 2 aliphatic rings. The SMILES string of the molecule is CC1(C)CC2CC(C)(CN2CC(=O)O)C1. The minimum absolute atomic E-state index is 0.219. The Labute approximate surface area is 91.5 Å². The third kappa shape index (κ3) is 2.17. The lowest BCUT2D eigenvalue weighted by molar-refractivity contribution is -0.138. The van der Waals surface area contributed by atoms with Crippen LogP contribution in [0.3, 0.4) is 0 Å². The maximum atomic E-state index is 10.8. The van der Waals surface area contributed by atoms with E-state index >= 15 is 0 Å². The van der Waals surface area contributed by atoms with Gasteiger partial charge in [0.15, 0.2) is 0 Å². The average molecular weight is 211 g/mol. The fourth-order valence-corrected chi connectivity index (χ4v) is 3.94. The molecule has 3 nitrogen and oxygen atoms in total. The standard InChI is InChI=1S/C12H21NO2/c1-11(2)4-9-5-12(3,7-11)8-13(9)6-10(14)15/h9H,4-8H2,1-3H3,(H,14,15). The summed E-state index contributed by atoms with van der Waals surface area (Å²) in [6, 6.07) is 0.495. The van der Waals surface area contributed by atoms with Crippen LogP contribution in [0.15, 0.2) is 0 Å². The fraction of sp³-hybridized carbons (Fsp3) is 0.917. The van der Waals surface area contributed by atoms with E-state index in [2.05, 4.69) is 25.7 Å². The van der Waals surface area contributed by atoms with Gasteiger partial charge in [-0.05, 0) is 30.1 Å². The Bertz CT molecular complexity index is 287. The van der Waals surface area contributed by atoms with Crippen LogP contribution < -0.4 is 0 Å². The fourth-order valence-electron chi connectivity index (χ4n) is 3.94. The minimum Gasteiger partial charge on any atom is -0.480 e. The first-order valence-electron chi connectivity index (χ1n) is 5.76. The average Bonchev–Trinajstić information content (AvgIpc) is 2.17. The van der Waals surface area contributed by atoms with Crippen LogP contribution in [0.4, 0.5) is 0 Å². The van der Waals surface area contributed by atoms with Gasteiger partial charge < -0.3 is 5.11 Å². The number of carboxylic acid groups (broad SMARTS) is 1. The predicted octanol–water partition coefficient (Wildman–Crippen LogP) is 1.97. The second-order valence-electron chi connectivity index (χ2n) is 6.51. The number of carbonyl (C=O) groups is 1. The molecule has 2 fully saturated rings. The van der Waals surface area contributed by atoms with Crippen molar-refractivity contribution < 1.29 is 9.90 Å². The van der Waals surface area contributed by atoms with Gasteiger partial charge in [-0.2, -0.15) is 0 Å². The van der Waals surface area contributed by atoms with Crippen molar-refractivity contribution in [3.8, 4) is 0 Å². The number of aliphatic carboxylic acids is 1. The van der Waals surface area contributed by atoms with Crippen molar-refractivity contribution in [1.82, 2.24) is 4.90 Å². The first-order chi connectivity index (χ1) is 6.80. The zero-order valence-corrected chi connectivity index (χ0v) is 9.92. The highest BCUT2D eigenvalue weighted by Gasteiger charge is 2.49. The van der Waals surface area contributed by atoms with E-state index in [4.69, 9.17) is 5.11 Å². The normalized spacial score (nSPS) is 39.3. The minimum atomic E-state index is -0.691. The number of hydrogen-bond acceptors (Lipinski definition) is 2. The molecule has 1 saturated carbocycles. The largest absolute Gasteiger partial charge is 0.480 e. The van der Waals surface area contributed by atoms with Crippen LogP contribution in [0.1, 0.15) is 40.0 Å². The van der Waals surface area contributed by atoms with Crippen LogP contribution in [-0.2, 0) is 4.79 Å². The molecule has 3 heteroatoms. The molecule has 2 bridgehead atoms. The number of carboxylic acids is 1. The predicted molar refractivity (Wildman–Crippen MR) is 58.7 cm³/mol. The second-order valence-corrected chi connectivity index (χ2v) is 6.51. The zero-order valence-electron chi connectivity index (χ0n) is 9.92. The van der Waals surface area contributed by atoms with E-state index in [0.29, 0.717) is 16.9 Å². The number of nitrogens with zero attached hydrogens (tertiary/aromatic N) is 1. The van der Waals surface area contributed by atoms with Gasteiger partial charge in [-0.3, -0.25) is 9.69 Å². The van der Waals surface area contributed by atoms with Gasteiger partial charge in [0.1, 0.15) is 0 Å². The third-order valence-electron chi connectivity index (χ3n) is 3.86. The molecule has 0 aromatic heterocycles. The second kappa shape index (κ2) is 3.21. The van der Waals surface area contributed by atoms with E-state index in [1.54, 1.807) is 0 Å². The van der Waals surface area contributed by atoms with Crippen molar-refractivity contribution in [3.63, 3.8) is 0 Å². The maximum absolute atomic E-state index is 10.8. The van der Waals surface area contributed by atoms with Gasteiger partial charge in [-0.25, -0.2) is 0 Å². The molecule has 0 aromatic rings. The van der Waals surface area contributed by atoms with E-state index in [1.165, 1.54) is 12.8 Å². The van der Waals surface area contributed by atoms with Crippen molar-refractivity contribution in [2.45, 2.75) is 46.1 Å². The van der Waals surface area contributed by atoms with Gasteiger partial charge in [-0.1, -0.05) is 20.8 Å². The Kier molecular flexibility index (Phi) is 2.34. The smallest absolute Gasteiger partial charge is 0.317 e. The topological polar surface area (TPSA) is 40.5 Å². The summed E-state index contributed by atoms with van der Waals surface area (Å²) in [6.07, 6.45) is 3.56. The molecule has 1 aliphatic carbocycles. The highest BCUT2D eigenvalue weighted by atomic mass is 16.4. The Hall–Kier alpha value is -0.570. The molecule has 2 unspecified atom stereocenters. The molecule has 1 saturated heterocycles. The summed E-state index contributed by atoms with van der Waals surface area (Å²) in [4.78, 5) is 12.9. The van der Waals surface area contributed by atoms with Gasteiger partial charge in [0.2, 0.25) is 0 Å². The Morgan fingerprint density at radius 3 is 2.67 bits per heavy atom. The Morgan fingerprint density at radius 2 is 2.07 bits per heavy atom. The Balaban J connectivity index is 2.12. The maximum Gasteiger partial charge on any atom is 0.317 e. The molecule has 1 heterocycles. The molecule has 1 N–H and O–H groups in total. The van der Waals surface area contributed by atoms with Crippen molar-refractivity contribution >= 4 is 5.97 Å². The summed E-state index contributed by atoms with van der Waals surface area (Å²) < 4.78 is 0. The van der Waals surface area contributed by atoms with Crippen molar-refractivity contribution in [2.24, 2.45) is 10.8 Å². The monoisotopic (exact) mass is 211 g/mol. The van der Waals surface area contributed by atoms with Crippen LogP contribution in [0, 0.1) is 10.8 Å². The number of hydrogen-bond donors (Lipinski definition) is 1. The zero-order chi connectivity index (χ0) is 11.3. The molecule has 0 spiro atoms. The van der Waals surface area contributed by atoms with E-state index < -0.39 is 5.97 Å².